The zero-order valence-electron chi connectivity index (χ0n) is 12.8. The van der Waals surface area contributed by atoms with Crippen LogP contribution in [-0.2, 0) is 0 Å². The molecule has 3 rings (SSSR count). The normalized spacial score (nSPS) is 10.3. The van der Waals surface area contributed by atoms with Crippen molar-refractivity contribution in [2.45, 2.75) is 0 Å². The second-order valence-electron chi connectivity index (χ2n) is 5.13. The number of nitrogens with one attached hydrogen (secondary N) is 2. The van der Waals surface area contributed by atoms with Crippen molar-refractivity contribution in [3.63, 3.8) is 0 Å². The number of anilines is 2. The van der Waals surface area contributed by atoms with E-state index in [1.807, 2.05) is 5.48 Å². The second kappa shape index (κ2) is 7.21. The third-order valence-corrected chi connectivity index (χ3v) is 3.71. The van der Waals surface area contributed by atoms with Gasteiger partial charge < -0.3 is 9.73 Å². The highest BCUT2D eigenvalue weighted by Gasteiger charge is 2.20. The molecule has 25 heavy (non-hydrogen) atoms. The van der Waals surface area contributed by atoms with E-state index in [1.54, 1.807) is 54.6 Å². The lowest BCUT2D eigenvalue weighted by atomic mass is 10.1. The summed E-state index contributed by atoms with van der Waals surface area (Å²) in [6.45, 7) is 0. The van der Waals surface area contributed by atoms with Gasteiger partial charge in [0, 0.05) is 22.3 Å². The Morgan fingerprint density at radius 3 is 2.36 bits per heavy atom. The molecule has 3 N–H and O–H groups in total. The minimum atomic E-state index is -0.877. The quantitative estimate of drug-likeness (QED) is 0.614. The van der Waals surface area contributed by atoms with Crippen LogP contribution < -0.4 is 16.4 Å². The van der Waals surface area contributed by atoms with E-state index in [1.165, 1.54) is 6.07 Å². The van der Waals surface area contributed by atoms with E-state index in [9.17, 15) is 14.8 Å². The maximum absolute atomic E-state index is 12.4. The van der Waals surface area contributed by atoms with E-state index < -0.39 is 11.5 Å². The summed E-state index contributed by atoms with van der Waals surface area (Å²) in [6, 6.07) is 16.6. The van der Waals surface area contributed by atoms with Crippen LogP contribution in [0.5, 0.6) is 0 Å². The Balaban J connectivity index is 1.99. The fourth-order valence-electron chi connectivity index (χ4n) is 2.27. The lowest BCUT2D eigenvalue weighted by Crippen LogP contribution is -2.23. The highest BCUT2D eigenvalue weighted by atomic mass is 35.5. The molecule has 0 saturated carbocycles. The maximum atomic E-state index is 12.4. The summed E-state index contributed by atoms with van der Waals surface area (Å²) in [6.07, 6.45) is 0. The summed E-state index contributed by atoms with van der Waals surface area (Å²) in [5, 5.41) is 12.4. The van der Waals surface area contributed by atoms with Crippen molar-refractivity contribution >= 4 is 28.9 Å². The molecule has 6 nitrogen and oxygen atoms in total. The van der Waals surface area contributed by atoms with Gasteiger partial charge in [-0.3, -0.25) is 15.5 Å². The average molecular weight is 357 g/mol. The van der Waals surface area contributed by atoms with Crippen LogP contribution in [0.1, 0.15) is 10.4 Å². The van der Waals surface area contributed by atoms with E-state index in [0.29, 0.717) is 16.3 Å². The summed E-state index contributed by atoms with van der Waals surface area (Å²) in [7, 11) is 0. The molecule has 0 unspecified atom stereocenters. The Kier molecular flexibility index (Phi) is 4.83. The van der Waals surface area contributed by atoms with Crippen LogP contribution in [0.25, 0.3) is 11.3 Å². The summed E-state index contributed by atoms with van der Waals surface area (Å²) in [5.74, 6) is -0.506. The predicted octanol–water partition coefficient (Wildman–Crippen LogP) is 4.01. The molecule has 7 heteroatoms. The molecule has 0 bridgehead atoms. The summed E-state index contributed by atoms with van der Waals surface area (Å²) < 4.78 is 5.23. The Hall–Kier alpha value is -3.09. The van der Waals surface area contributed by atoms with Crippen LogP contribution in [0.4, 0.5) is 11.4 Å². The Labute approximate surface area is 147 Å². The molecule has 1 aromatic heterocycles. The summed E-state index contributed by atoms with van der Waals surface area (Å²) in [4.78, 5) is 24.7. The molecule has 0 aliphatic rings. The lowest BCUT2D eigenvalue weighted by molar-refractivity contribution is 0.102. The number of carbonyl (C=O) groups excluding carboxylic acids is 1. The zero-order chi connectivity index (χ0) is 17.8. The lowest BCUT2D eigenvalue weighted by Gasteiger charge is -2.10. The van der Waals surface area contributed by atoms with Crippen LogP contribution in [0.3, 0.4) is 0 Å². The third kappa shape index (κ3) is 3.71. The Morgan fingerprint density at radius 1 is 1.04 bits per heavy atom. The minimum absolute atomic E-state index is 0.0605. The van der Waals surface area contributed by atoms with Crippen LogP contribution in [-0.4, -0.2) is 11.1 Å². The monoisotopic (exact) mass is 356 g/mol. The van der Waals surface area contributed by atoms with Crippen molar-refractivity contribution in [1.82, 2.24) is 0 Å². The molecular formula is C18H13ClN2O4. The topological polar surface area (TPSA) is 91.6 Å². The van der Waals surface area contributed by atoms with E-state index in [-0.39, 0.29) is 17.0 Å². The standard InChI is InChI=1S/C18H13ClN2O4/c19-12-8-6-11(7-9-12)15-10-14(21-24)16(18(23)25-15)17(22)20-13-4-2-1-3-5-13/h1-10,21,24H,(H,20,22). The molecule has 0 saturated heterocycles. The number of para-hydroxylation sites is 1. The van der Waals surface area contributed by atoms with E-state index in [4.69, 9.17) is 16.0 Å². The molecule has 3 aromatic rings. The number of halogens is 1. The van der Waals surface area contributed by atoms with Crippen LogP contribution in [0.2, 0.25) is 5.02 Å². The van der Waals surface area contributed by atoms with Crippen LogP contribution in [0, 0.1) is 0 Å². The number of hydrogen-bond donors (Lipinski definition) is 3. The van der Waals surface area contributed by atoms with Gasteiger partial charge in [-0.05, 0) is 36.4 Å². The molecule has 0 spiro atoms. The van der Waals surface area contributed by atoms with Gasteiger partial charge in [0.05, 0.1) is 5.69 Å². The summed E-state index contributed by atoms with van der Waals surface area (Å²) in [5.41, 5.74) is 1.70. The van der Waals surface area contributed by atoms with Crippen molar-refractivity contribution in [3.8, 4) is 11.3 Å². The predicted molar refractivity (Wildman–Crippen MR) is 95.2 cm³/mol. The van der Waals surface area contributed by atoms with Gasteiger partial charge in [-0.2, -0.15) is 0 Å². The van der Waals surface area contributed by atoms with Gasteiger partial charge in [0.2, 0.25) is 0 Å². The Morgan fingerprint density at radius 2 is 1.72 bits per heavy atom. The fourth-order valence-corrected chi connectivity index (χ4v) is 2.39. The van der Waals surface area contributed by atoms with Gasteiger partial charge in [-0.15, -0.1) is 0 Å². The summed E-state index contributed by atoms with van der Waals surface area (Å²) >= 11 is 5.84. The van der Waals surface area contributed by atoms with Crippen molar-refractivity contribution in [3.05, 3.63) is 81.7 Å². The van der Waals surface area contributed by atoms with Crippen molar-refractivity contribution < 1.29 is 14.4 Å². The van der Waals surface area contributed by atoms with Crippen molar-refractivity contribution in [2.75, 3.05) is 10.8 Å². The molecule has 1 heterocycles. The smallest absolute Gasteiger partial charge is 0.351 e. The van der Waals surface area contributed by atoms with Gasteiger partial charge in [0.25, 0.3) is 5.91 Å². The molecular weight excluding hydrogens is 344 g/mol. The number of benzene rings is 2. The second-order valence-corrected chi connectivity index (χ2v) is 5.56. The first-order chi connectivity index (χ1) is 12.1. The number of rotatable bonds is 4. The number of carbonyl (C=O) groups is 1. The minimum Gasteiger partial charge on any atom is -0.422 e. The van der Waals surface area contributed by atoms with Gasteiger partial charge >= 0.3 is 5.63 Å². The number of hydrogen-bond acceptors (Lipinski definition) is 5. The molecule has 126 valence electrons. The number of amides is 1. The molecule has 0 aliphatic heterocycles. The Bertz CT molecular complexity index is 953. The SMILES string of the molecule is O=C(Nc1ccccc1)c1c(NO)cc(-c2ccc(Cl)cc2)oc1=O. The zero-order valence-corrected chi connectivity index (χ0v) is 13.6. The van der Waals surface area contributed by atoms with Crippen molar-refractivity contribution in [2.24, 2.45) is 0 Å². The molecule has 2 aromatic carbocycles. The van der Waals surface area contributed by atoms with Gasteiger partial charge in [0.15, 0.2) is 5.56 Å². The molecule has 0 fully saturated rings. The largest absolute Gasteiger partial charge is 0.422 e. The van der Waals surface area contributed by atoms with Crippen molar-refractivity contribution in [1.29, 1.82) is 0 Å². The molecule has 1 amide bonds. The fraction of sp³-hybridized carbons (Fsp3) is 0. The van der Waals surface area contributed by atoms with Crippen LogP contribution >= 0.6 is 11.6 Å². The highest BCUT2D eigenvalue weighted by molar-refractivity contribution is 6.30. The first kappa shape index (κ1) is 16.8. The maximum Gasteiger partial charge on any atom is 0.351 e. The van der Waals surface area contributed by atoms with Crippen LogP contribution in [0.15, 0.2) is 69.9 Å². The molecule has 0 radical (unpaired) electrons. The first-order valence-corrected chi connectivity index (χ1v) is 7.67. The van der Waals surface area contributed by atoms with E-state index in [0.717, 1.165) is 0 Å². The van der Waals surface area contributed by atoms with E-state index >= 15 is 0 Å². The third-order valence-electron chi connectivity index (χ3n) is 3.46. The van der Waals surface area contributed by atoms with E-state index in [2.05, 4.69) is 5.32 Å². The first-order valence-electron chi connectivity index (χ1n) is 7.29. The average Bonchev–Trinajstić information content (AvgIpc) is 2.62. The molecule has 0 atom stereocenters. The van der Waals surface area contributed by atoms with Gasteiger partial charge in [0.1, 0.15) is 5.76 Å². The highest BCUT2D eigenvalue weighted by Crippen LogP contribution is 2.25. The molecule has 0 aliphatic carbocycles. The van der Waals surface area contributed by atoms with Gasteiger partial charge in [-0.1, -0.05) is 29.8 Å². The van der Waals surface area contributed by atoms with Gasteiger partial charge in [-0.25, -0.2) is 4.79 Å².